The number of anilines is 1. The molecule has 0 spiro atoms. The number of hydrogen-bond acceptors (Lipinski definition) is 5. The maximum atomic E-state index is 12.0. The summed E-state index contributed by atoms with van der Waals surface area (Å²) in [7, 11) is 2.08. The third-order valence-electron chi connectivity index (χ3n) is 6.56. The minimum absolute atomic E-state index is 0.188. The van der Waals surface area contributed by atoms with Crippen LogP contribution in [0.5, 0.6) is 5.75 Å². The van der Waals surface area contributed by atoms with E-state index in [1.807, 2.05) is 50.2 Å². The fourth-order valence-electron chi connectivity index (χ4n) is 4.35. The molecule has 0 aliphatic heterocycles. The SMILES string of the molecule is CCN(C)CCOc1ccc2c(C#N)c(-c3ccc(NC(=O)OC(C)C)cc3)n(C3CCC3)c2c1. The second-order valence-electron chi connectivity index (χ2n) is 9.37. The van der Waals surface area contributed by atoms with Gasteiger partial charge in [-0.25, -0.2) is 4.79 Å². The quantitative estimate of drug-likeness (QED) is 0.400. The summed E-state index contributed by atoms with van der Waals surface area (Å²) in [5.41, 5.74) is 4.22. The highest BCUT2D eigenvalue weighted by Crippen LogP contribution is 2.43. The number of likely N-dealkylation sites (N-methyl/N-ethyl adjacent to an activating group) is 1. The van der Waals surface area contributed by atoms with Gasteiger partial charge in [-0.3, -0.25) is 5.32 Å². The van der Waals surface area contributed by atoms with E-state index >= 15 is 0 Å². The highest BCUT2D eigenvalue weighted by atomic mass is 16.6. The van der Waals surface area contributed by atoms with Crippen LogP contribution in [0.25, 0.3) is 22.2 Å². The van der Waals surface area contributed by atoms with E-state index in [-0.39, 0.29) is 6.10 Å². The number of carbonyl (C=O) groups is 1. The van der Waals surface area contributed by atoms with Gasteiger partial charge in [0.2, 0.25) is 0 Å². The lowest BCUT2D eigenvalue weighted by Gasteiger charge is -2.30. The Morgan fingerprint density at radius 3 is 2.57 bits per heavy atom. The molecular formula is C28H34N4O3. The van der Waals surface area contributed by atoms with Gasteiger partial charge in [-0.2, -0.15) is 5.26 Å². The monoisotopic (exact) mass is 474 g/mol. The van der Waals surface area contributed by atoms with E-state index in [0.717, 1.165) is 53.8 Å². The molecule has 1 amide bonds. The fraction of sp³-hybridized carbons (Fsp3) is 0.429. The number of aromatic nitrogens is 1. The largest absolute Gasteiger partial charge is 0.492 e. The highest BCUT2D eigenvalue weighted by molar-refractivity contribution is 5.96. The number of hydrogen-bond donors (Lipinski definition) is 1. The second kappa shape index (κ2) is 10.8. The second-order valence-corrected chi connectivity index (χ2v) is 9.37. The Morgan fingerprint density at radius 2 is 1.97 bits per heavy atom. The van der Waals surface area contributed by atoms with Gasteiger partial charge in [-0.15, -0.1) is 0 Å². The molecule has 1 heterocycles. The summed E-state index contributed by atoms with van der Waals surface area (Å²) in [6, 6.07) is 16.4. The summed E-state index contributed by atoms with van der Waals surface area (Å²) >= 11 is 0. The molecule has 0 bridgehead atoms. The molecule has 7 nitrogen and oxygen atoms in total. The van der Waals surface area contributed by atoms with Crippen molar-refractivity contribution >= 4 is 22.7 Å². The molecule has 1 fully saturated rings. The number of benzene rings is 2. The van der Waals surface area contributed by atoms with Crippen LogP contribution in [-0.4, -0.2) is 48.4 Å². The lowest BCUT2D eigenvalue weighted by atomic mass is 9.92. The molecule has 0 radical (unpaired) electrons. The molecule has 3 aromatic rings. The summed E-state index contributed by atoms with van der Waals surface area (Å²) in [5, 5.41) is 13.8. The average molecular weight is 475 g/mol. The fourth-order valence-corrected chi connectivity index (χ4v) is 4.35. The Balaban J connectivity index is 1.69. The van der Waals surface area contributed by atoms with Crippen molar-refractivity contribution in [2.24, 2.45) is 0 Å². The standard InChI is InChI=1S/C28H34N4O3/c1-5-31(4)15-16-34-23-13-14-24-25(18-29)27(32(26(24)17-23)22-7-6-8-22)20-9-11-21(12-10-20)30-28(33)35-19(2)3/h9-14,17,19,22H,5-8,15-16H2,1-4H3,(H,30,33). The number of rotatable bonds is 9. The Bertz CT molecular complexity index is 1220. The van der Waals surface area contributed by atoms with E-state index in [1.165, 1.54) is 6.42 Å². The number of amides is 1. The van der Waals surface area contributed by atoms with Gasteiger partial charge in [0.15, 0.2) is 0 Å². The zero-order valence-electron chi connectivity index (χ0n) is 21.0. The number of nitrogens with one attached hydrogen (secondary N) is 1. The maximum absolute atomic E-state index is 12.0. The van der Waals surface area contributed by atoms with Crippen LogP contribution in [0.15, 0.2) is 42.5 Å². The Morgan fingerprint density at radius 1 is 1.23 bits per heavy atom. The number of fused-ring (bicyclic) bond motifs is 1. The van der Waals surface area contributed by atoms with Crippen LogP contribution in [0.1, 0.15) is 51.6 Å². The van der Waals surface area contributed by atoms with Crippen molar-refractivity contribution < 1.29 is 14.3 Å². The third kappa shape index (κ3) is 5.44. The molecule has 0 atom stereocenters. The van der Waals surface area contributed by atoms with Crippen LogP contribution < -0.4 is 10.1 Å². The van der Waals surface area contributed by atoms with Crippen LogP contribution in [0.3, 0.4) is 0 Å². The van der Waals surface area contributed by atoms with Crippen LogP contribution in [0.4, 0.5) is 10.5 Å². The maximum Gasteiger partial charge on any atom is 0.411 e. The van der Waals surface area contributed by atoms with E-state index < -0.39 is 6.09 Å². The normalized spacial score (nSPS) is 13.6. The number of carbonyl (C=O) groups excluding carboxylic acids is 1. The van der Waals surface area contributed by atoms with Crippen molar-refractivity contribution in [3.8, 4) is 23.1 Å². The topological polar surface area (TPSA) is 79.5 Å². The first kappa shape index (κ1) is 24.6. The molecule has 35 heavy (non-hydrogen) atoms. The Labute approximate surface area is 207 Å². The zero-order valence-corrected chi connectivity index (χ0v) is 21.0. The van der Waals surface area contributed by atoms with Gasteiger partial charge in [-0.05, 0) is 76.5 Å². The van der Waals surface area contributed by atoms with Crippen molar-refractivity contribution in [3.05, 3.63) is 48.0 Å². The summed E-state index contributed by atoms with van der Waals surface area (Å²) < 4.78 is 13.5. The van der Waals surface area contributed by atoms with Crippen LogP contribution in [0, 0.1) is 11.3 Å². The Kier molecular flexibility index (Phi) is 7.62. The molecule has 0 unspecified atom stereocenters. The predicted octanol–water partition coefficient (Wildman–Crippen LogP) is 6.19. The lowest BCUT2D eigenvalue weighted by molar-refractivity contribution is 0.130. The molecule has 184 valence electrons. The van der Waals surface area contributed by atoms with E-state index in [0.29, 0.717) is 23.9 Å². The van der Waals surface area contributed by atoms with Crippen LogP contribution in [-0.2, 0) is 4.74 Å². The average Bonchev–Trinajstić information content (AvgIpc) is 3.11. The lowest BCUT2D eigenvalue weighted by Crippen LogP contribution is -2.23. The molecule has 1 aliphatic rings. The van der Waals surface area contributed by atoms with Gasteiger partial charge in [0.25, 0.3) is 0 Å². The predicted molar refractivity (Wildman–Crippen MR) is 139 cm³/mol. The minimum atomic E-state index is -0.480. The zero-order chi connectivity index (χ0) is 24.9. The van der Waals surface area contributed by atoms with E-state index in [9.17, 15) is 10.1 Å². The van der Waals surface area contributed by atoms with Crippen molar-refractivity contribution in [2.75, 3.05) is 32.1 Å². The van der Waals surface area contributed by atoms with E-state index in [4.69, 9.17) is 9.47 Å². The molecular weight excluding hydrogens is 440 g/mol. The van der Waals surface area contributed by atoms with Gasteiger partial charge in [0, 0.05) is 29.7 Å². The summed E-state index contributed by atoms with van der Waals surface area (Å²) in [5.74, 6) is 0.819. The summed E-state index contributed by atoms with van der Waals surface area (Å²) in [4.78, 5) is 14.2. The van der Waals surface area contributed by atoms with Crippen molar-refractivity contribution in [1.82, 2.24) is 9.47 Å². The van der Waals surface area contributed by atoms with Crippen molar-refractivity contribution in [3.63, 3.8) is 0 Å². The number of nitriles is 1. The molecule has 1 aliphatic carbocycles. The molecule has 1 saturated carbocycles. The van der Waals surface area contributed by atoms with Crippen molar-refractivity contribution in [1.29, 1.82) is 5.26 Å². The molecule has 1 N–H and O–H groups in total. The van der Waals surface area contributed by atoms with Crippen LogP contribution in [0.2, 0.25) is 0 Å². The van der Waals surface area contributed by atoms with Gasteiger partial charge >= 0.3 is 6.09 Å². The minimum Gasteiger partial charge on any atom is -0.492 e. The first-order valence-electron chi connectivity index (χ1n) is 12.4. The first-order chi connectivity index (χ1) is 16.9. The van der Waals surface area contributed by atoms with Crippen LogP contribution >= 0.6 is 0 Å². The third-order valence-corrected chi connectivity index (χ3v) is 6.56. The molecule has 1 aromatic heterocycles. The number of ether oxygens (including phenoxy) is 2. The smallest absolute Gasteiger partial charge is 0.411 e. The van der Waals surface area contributed by atoms with Gasteiger partial charge < -0.3 is 18.9 Å². The van der Waals surface area contributed by atoms with Gasteiger partial charge in [0.1, 0.15) is 18.4 Å². The molecule has 4 rings (SSSR count). The van der Waals surface area contributed by atoms with Gasteiger partial charge in [0.05, 0.1) is 22.9 Å². The molecule has 2 aromatic carbocycles. The van der Waals surface area contributed by atoms with Crippen molar-refractivity contribution in [2.45, 2.75) is 52.2 Å². The summed E-state index contributed by atoms with van der Waals surface area (Å²) in [6.45, 7) is 8.21. The highest BCUT2D eigenvalue weighted by Gasteiger charge is 2.28. The summed E-state index contributed by atoms with van der Waals surface area (Å²) in [6.07, 6.45) is 2.70. The first-order valence-corrected chi connectivity index (χ1v) is 12.4. The Hall–Kier alpha value is -3.50. The van der Waals surface area contributed by atoms with E-state index in [2.05, 4.69) is 40.9 Å². The number of nitrogens with zero attached hydrogens (tertiary/aromatic N) is 3. The van der Waals surface area contributed by atoms with E-state index in [1.54, 1.807) is 0 Å². The van der Waals surface area contributed by atoms with Gasteiger partial charge in [-0.1, -0.05) is 19.1 Å². The molecule has 0 saturated heterocycles. The molecule has 7 heteroatoms.